The standard InChI is InChI=1S/C20H17F4N3O3/c1-26-15-9-27(19(29)25-13-5-3-12(21)4-6-13)10-17(15)30-16-7-2-11(20(22,23)24)8-14(16)18(26)28/h2-8,15,17H,9-10H2,1H3,(H,25,29)/t15-,17+/m1/s1. The fourth-order valence-electron chi connectivity index (χ4n) is 3.63. The molecule has 1 fully saturated rings. The SMILES string of the molecule is CN1C(=O)c2cc(C(F)(F)F)ccc2O[C@H]2CN(C(=O)Nc3ccc(F)cc3)C[C@H]21. The predicted molar refractivity (Wildman–Crippen MR) is 98.7 cm³/mol. The maximum atomic E-state index is 13.0. The molecule has 2 heterocycles. The van der Waals surface area contributed by atoms with Gasteiger partial charge in [0.2, 0.25) is 0 Å². The molecule has 10 heteroatoms. The molecule has 1 saturated heterocycles. The van der Waals surface area contributed by atoms with Gasteiger partial charge in [0, 0.05) is 19.3 Å². The Labute approximate surface area is 169 Å². The molecule has 0 radical (unpaired) electrons. The Bertz CT molecular complexity index is 994. The first kappa shape index (κ1) is 20.0. The molecule has 0 bridgehead atoms. The van der Waals surface area contributed by atoms with Gasteiger partial charge in [-0.3, -0.25) is 4.79 Å². The minimum absolute atomic E-state index is 0.0492. The van der Waals surface area contributed by atoms with Crippen LogP contribution in [-0.4, -0.2) is 54.0 Å². The molecule has 0 spiro atoms. The number of amides is 3. The second-order valence-corrected chi connectivity index (χ2v) is 7.19. The van der Waals surface area contributed by atoms with E-state index in [1.54, 1.807) is 0 Å². The summed E-state index contributed by atoms with van der Waals surface area (Å²) in [6.07, 6.45) is -5.18. The van der Waals surface area contributed by atoms with Crippen LogP contribution in [0.4, 0.5) is 28.0 Å². The number of hydrogen-bond donors (Lipinski definition) is 1. The maximum Gasteiger partial charge on any atom is 0.416 e. The number of hydrogen-bond acceptors (Lipinski definition) is 3. The average molecular weight is 423 g/mol. The van der Waals surface area contributed by atoms with Crippen LogP contribution in [0.5, 0.6) is 5.75 Å². The van der Waals surface area contributed by atoms with Crippen molar-refractivity contribution < 1.29 is 31.9 Å². The third-order valence-corrected chi connectivity index (χ3v) is 5.25. The molecular formula is C20H17F4N3O3. The monoisotopic (exact) mass is 423 g/mol. The minimum Gasteiger partial charge on any atom is -0.486 e. The lowest BCUT2D eigenvalue weighted by atomic mass is 10.1. The summed E-state index contributed by atoms with van der Waals surface area (Å²) >= 11 is 0. The van der Waals surface area contributed by atoms with E-state index in [0.29, 0.717) is 5.69 Å². The van der Waals surface area contributed by atoms with Gasteiger partial charge in [0.1, 0.15) is 17.7 Å². The molecule has 3 amide bonds. The van der Waals surface area contributed by atoms with Crippen molar-refractivity contribution in [1.29, 1.82) is 0 Å². The number of carbonyl (C=O) groups excluding carboxylic acids is 2. The highest BCUT2D eigenvalue weighted by Gasteiger charge is 2.44. The lowest BCUT2D eigenvalue weighted by molar-refractivity contribution is -0.137. The first-order valence-corrected chi connectivity index (χ1v) is 9.10. The van der Waals surface area contributed by atoms with E-state index in [0.717, 1.165) is 18.2 Å². The molecule has 0 saturated carbocycles. The summed E-state index contributed by atoms with van der Waals surface area (Å²) in [6.45, 7) is 0.274. The highest BCUT2D eigenvalue weighted by atomic mass is 19.4. The first-order chi connectivity index (χ1) is 14.1. The van der Waals surface area contributed by atoms with E-state index in [4.69, 9.17) is 4.74 Å². The van der Waals surface area contributed by atoms with E-state index in [9.17, 15) is 27.2 Å². The van der Waals surface area contributed by atoms with Crippen molar-refractivity contribution >= 4 is 17.6 Å². The van der Waals surface area contributed by atoms with Crippen molar-refractivity contribution in [3.8, 4) is 5.75 Å². The van der Waals surface area contributed by atoms with Gasteiger partial charge in [0.05, 0.1) is 23.7 Å². The maximum absolute atomic E-state index is 13.0. The Balaban J connectivity index is 1.54. The first-order valence-electron chi connectivity index (χ1n) is 9.10. The molecule has 2 aliphatic rings. The molecule has 2 atom stereocenters. The number of rotatable bonds is 1. The van der Waals surface area contributed by atoms with Gasteiger partial charge in [-0.1, -0.05) is 0 Å². The number of urea groups is 1. The lowest BCUT2D eigenvalue weighted by Crippen LogP contribution is -2.44. The highest BCUT2D eigenvalue weighted by Crippen LogP contribution is 2.36. The zero-order valence-electron chi connectivity index (χ0n) is 15.7. The smallest absolute Gasteiger partial charge is 0.416 e. The van der Waals surface area contributed by atoms with Crippen molar-refractivity contribution in [2.75, 3.05) is 25.5 Å². The van der Waals surface area contributed by atoms with Crippen LogP contribution in [0.15, 0.2) is 42.5 Å². The van der Waals surface area contributed by atoms with E-state index in [1.165, 1.54) is 41.1 Å². The number of anilines is 1. The number of benzene rings is 2. The molecule has 0 unspecified atom stereocenters. The summed E-state index contributed by atoms with van der Waals surface area (Å²) in [5.41, 5.74) is -0.688. The van der Waals surface area contributed by atoms with E-state index in [-0.39, 0.29) is 24.4 Å². The van der Waals surface area contributed by atoms with Crippen molar-refractivity contribution in [1.82, 2.24) is 9.80 Å². The number of alkyl halides is 3. The van der Waals surface area contributed by atoms with E-state index in [1.807, 2.05) is 0 Å². The Morgan fingerprint density at radius 2 is 1.83 bits per heavy atom. The number of nitrogens with zero attached hydrogens (tertiary/aromatic N) is 2. The van der Waals surface area contributed by atoms with Gasteiger partial charge in [-0.05, 0) is 42.5 Å². The second-order valence-electron chi connectivity index (χ2n) is 7.19. The molecule has 2 aromatic rings. The number of nitrogens with one attached hydrogen (secondary N) is 1. The lowest BCUT2D eigenvalue weighted by Gasteiger charge is -2.25. The van der Waals surface area contributed by atoms with Crippen molar-refractivity contribution in [2.24, 2.45) is 0 Å². The van der Waals surface area contributed by atoms with Crippen LogP contribution in [0.2, 0.25) is 0 Å². The average Bonchev–Trinajstić information content (AvgIpc) is 3.08. The summed E-state index contributed by atoms with van der Waals surface area (Å²) in [5, 5.41) is 2.64. The van der Waals surface area contributed by atoms with Crippen molar-refractivity contribution in [3.63, 3.8) is 0 Å². The third kappa shape index (κ3) is 3.64. The van der Waals surface area contributed by atoms with Gasteiger partial charge in [-0.2, -0.15) is 13.2 Å². The molecular weight excluding hydrogens is 406 g/mol. The van der Waals surface area contributed by atoms with Crippen LogP contribution in [0.3, 0.4) is 0 Å². The molecule has 4 rings (SSSR count). The normalized spacial score (nSPS) is 20.9. The van der Waals surface area contributed by atoms with Crippen molar-refractivity contribution in [3.05, 3.63) is 59.4 Å². The molecule has 6 nitrogen and oxygen atoms in total. The van der Waals surface area contributed by atoms with Crippen LogP contribution < -0.4 is 10.1 Å². The number of likely N-dealkylation sites (tertiary alicyclic amines) is 1. The minimum atomic E-state index is -4.58. The van der Waals surface area contributed by atoms with Crippen molar-refractivity contribution in [2.45, 2.75) is 18.3 Å². The molecule has 0 aromatic heterocycles. The zero-order chi connectivity index (χ0) is 21.6. The number of fused-ring (bicyclic) bond motifs is 2. The van der Waals surface area contributed by atoms with Gasteiger partial charge in [0.25, 0.3) is 5.91 Å². The van der Waals surface area contributed by atoms with Gasteiger partial charge >= 0.3 is 12.2 Å². The fraction of sp³-hybridized carbons (Fsp3) is 0.300. The summed E-state index contributed by atoms with van der Waals surface area (Å²) in [5.74, 6) is -0.991. The van der Waals surface area contributed by atoms with E-state index >= 15 is 0 Å². The fourth-order valence-corrected chi connectivity index (χ4v) is 3.63. The summed E-state index contributed by atoms with van der Waals surface area (Å²) in [7, 11) is 1.47. The number of halogens is 4. The largest absolute Gasteiger partial charge is 0.486 e. The molecule has 2 aromatic carbocycles. The van der Waals surface area contributed by atoms with Crippen LogP contribution in [0.25, 0.3) is 0 Å². The van der Waals surface area contributed by atoms with Gasteiger partial charge < -0.3 is 19.9 Å². The summed E-state index contributed by atoms with van der Waals surface area (Å²) in [6, 6.07) is 7.06. The second kappa shape index (κ2) is 7.19. The van der Waals surface area contributed by atoms with Gasteiger partial charge in [-0.25, -0.2) is 9.18 Å². The Morgan fingerprint density at radius 3 is 2.50 bits per heavy atom. The van der Waals surface area contributed by atoms with Crippen LogP contribution in [-0.2, 0) is 6.18 Å². The topological polar surface area (TPSA) is 61.9 Å². The Kier molecular flexibility index (Phi) is 4.79. The van der Waals surface area contributed by atoms with Crippen LogP contribution in [0, 0.1) is 5.82 Å². The van der Waals surface area contributed by atoms with Gasteiger partial charge in [0.15, 0.2) is 0 Å². The van der Waals surface area contributed by atoms with Gasteiger partial charge in [-0.15, -0.1) is 0 Å². The molecule has 1 N–H and O–H groups in total. The molecule has 158 valence electrons. The highest BCUT2D eigenvalue weighted by molar-refractivity contribution is 5.98. The van der Waals surface area contributed by atoms with E-state index in [2.05, 4.69) is 5.32 Å². The third-order valence-electron chi connectivity index (χ3n) is 5.25. The number of ether oxygens (including phenoxy) is 1. The number of likely N-dealkylation sites (N-methyl/N-ethyl adjacent to an activating group) is 1. The summed E-state index contributed by atoms with van der Waals surface area (Å²) < 4.78 is 57.9. The van der Waals surface area contributed by atoms with Crippen LogP contribution in [0.1, 0.15) is 15.9 Å². The summed E-state index contributed by atoms with van der Waals surface area (Å²) in [4.78, 5) is 28.1. The molecule has 2 aliphatic heterocycles. The van der Waals surface area contributed by atoms with Crippen LogP contribution >= 0.6 is 0 Å². The predicted octanol–water partition coefficient (Wildman–Crippen LogP) is 3.59. The number of carbonyl (C=O) groups is 2. The Hall–Kier alpha value is -3.30. The molecule has 30 heavy (non-hydrogen) atoms. The quantitative estimate of drug-likeness (QED) is 0.714. The zero-order valence-corrected chi connectivity index (χ0v) is 15.7. The molecule has 0 aliphatic carbocycles. The Morgan fingerprint density at radius 1 is 1.13 bits per heavy atom. The van der Waals surface area contributed by atoms with E-state index < -0.39 is 41.6 Å².